The summed E-state index contributed by atoms with van der Waals surface area (Å²) in [5.41, 5.74) is 4.10. The molecule has 3 heterocycles. The quantitative estimate of drug-likeness (QED) is 0.418. The molecule has 9 heteroatoms. The van der Waals surface area contributed by atoms with Gasteiger partial charge in [0, 0.05) is 35.9 Å². The number of rotatable bonds is 6. The summed E-state index contributed by atoms with van der Waals surface area (Å²) in [6.07, 6.45) is 6.26. The fourth-order valence-electron chi connectivity index (χ4n) is 4.69. The van der Waals surface area contributed by atoms with Crippen molar-refractivity contribution >= 4 is 11.4 Å². The molecule has 2 aromatic carbocycles. The highest BCUT2D eigenvalue weighted by molar-refractivity contribution is 5.65. The Bertz CT molecular complexity index is 1510. The minimum atomic E-state index is -0.405. The highest BCUT2D eigenvalue weighted by atomic mass is 19.1. The van der Waals surface area contributed by atoms with Gasteiger partial charge in [0.2, 0.25) is 0 Å². The third-order valence-corrected chi connectivity index (χ3v) is 6.67. The van der Waals surface area contributed by atoms with Crippen molar-refractivity contribution in [1.82, 2.24) is 19.3 Å². The summed E-state index contributed by atoms with van der Waals surface area (Å²) in [6, 6.07) is 11.5. The molecule has 4 aromatic rings. The number of hydrogen-bond acceptors (Lipinski definition) is 6. The number of imidazole rings is 1. The predicted octanol–water partition coefficient (Wildman–Crippen LogP) is 4.88. The van der Waals surface area contributed by atoms with Crippen molar-refractivity contribution in [1.29, 1.82) is 0 Å². The fourth-order valence-corrected chi connectivity index (χ4v) is 4.69. The Labute approximate surface area is 207 Å². The zero-order valence-electron chi connectivity index (χ0n) is 20.1. The second kappa shape index (κ2) is 8.82. The van der Waals surface area contributed by atoms with Crippen molar-refractivity contribution in [2.24, 2.45) is 0 Å². The first-order chi connectivity index (χ1) is 17.5. The number of benzene rings is 2. The molecule has 184 valence electrons. The Hall–Kier alpha value is -4.14. The number of hydrogen-bond donors (Lipinski definition) is 1. The predicted molar refractivity (Wildman–Crippen MR) is 133 cm³/mol. The fraction of sp³-hybridized carbons (Fsp3) is 0.296. The van der Waals surface area contributed by atoms with E-state index in [0.29, 0.717) is 47.4 Å². The van der Waals surface area contributed by atoms with Crippen LogP contribution in [0, 0.1) is 12.7 Å². The van der Waals surface area contributed by atoms with E-state index < -0.39 is 6.04 Å². The molecule has 0 spiro atoms. The normalized spacial score (nSPS) is 16.8. The van der Waals surface area contributed by atoms with E-state index in [9.17, 15) is 9.18 Å². The lowest BCUT2D eigenvalue weighted by Crippen LogP contribution is -2.33. The van der Waals surface area contributed by atoms with Gasteiger partial charge < -0.3 is 19.4 Å². The maximum Gasteiger partial charge on any atom is 0.291 e. The number of methoxy groups -OCH3 is 1. The Morgan fingerprint density at radius 3 is 2.75 bits per heavy atom. The molecule has 0 amide bonds. The summed E-state index contributed by atoms with van der Waals surface area (Å²) in [6.45, 7) is 2.36. The van der Waals surface area contributed by atoms with Crippen molar-refractivity contribution in [2.75, 3.05) is 19.0 Å². The van der Waals surface area contributed by atoms with Gasteiger partial charge in [-0.1, -0.05) is 0 Å². The van der Waals surface area contributed by atoms with Gasteiger partial charge in [0.25, 0.3) is 5.56 Å². The van der Waals surface area contributed by atoms with Gasteiger partial charge in [-0.15, -0.1) is 0 Å². The largest absolute Gasteiger partial charge is 0.494 e. The smallest absolute Gasteiger partial charge is 0.291 e. The van der Waals surface area contributed by atoms with Crippen molar-refractivity contribution < 1.29 is 13.9 Å². The number of anilines is 2. The second-order valence-electron chi connectivity index (χ2n) is 9.28. The standard InChI is InChI=1S/C27H26FN5O3/c1-16-14-32(15-29-16)24-7-6-19(12-26(24)35-2)30-22-13-21(17-3-4-17)31-33(27(22)34)23-9-10-36-25-8-5-18(28)11-20(23)25/h5-8,11-15,17,23,30H,3-4,9-10H2,1-2H3. The van der Waals surface area contributed by atoms with E-state index >= 15 is 0 Å². The van der Waals surface area contributed by atoms with E-state index in [1.165, 1.54) is 16.8 Å². The minimum absolute atomic E-state index is 0.269. The van der Waals surface area contributed by atoms with Crippen LogP contribution in [0.15, 0.2) is 59.8 Å². The Kier molecular flexibility index (Phi) is 5.47. The molecule has 2 aliphatic rings. The highest BCUT2D eigenvalue weighted by Gasteiger charge is 2.31. The molecule has 0 saturated heterocycles. The van der Waals surface area contributed by atoms with Crippen molar-refractivity contribution in [3.8, 4) is 17.2 Å². The topological polar surface area (TPSA) is 83.2 Å². The number of nitrogens with one attached hydrogen (secondary N) is 1. The molecule has 0 radical (unpaired) electrons. The third-order valence-electron chi connectivity index (χ3n) is 6.67. The van der Waals surface area contributed by atoms with E-state index in [1.54, 1.807) is 19.5 Å². The zero-order valence-corrected chi connectivity index (χ0v) is 20.1. The van der Waals surface area contributed by atoms with Gasteiger partial charge in [-0.25, -0.2) is 14.1 Å². The maximum absolute atomic E-state index is 14.1. The number of halogens is 1. The molecule has 1 atom stereocenters. The Morgan fingerprint density at radius 1 is 1.14 bits per heavy atom. The minimum Gasteiger partial charge on any atom is -0.494 e. The van der Waals surface area contributed by atoms with Crippen LogP contribution in [0.5, 0.6) is 11.5 Å². The van der Waals surface area contributed by atoms with Crippen LogP contribution >= 0.6 is 0 Å². The molecule has 6 rings (SSSR count). The maximum atomic E-state index is 14.1. The van der Waals surface area contributed by atoms with E-state index in [-0.39, 0.29) is 11.4 Å². The van der Waals surface area contributed by atoms with Crippen molar-refractivity contribution in [2.45, 2.75) is 38.1 Å². The monoisotopic (exact) mass is 487 g/mol. The van der Waals surface area contributed by atoms with Crippen LogP contribution in [0.25, 0.3) is 5.69 Å². The average Bonchev–Trinajstić information content (AvgIpc) is 3.65. The van der Waals surface area contributed by atoms with Gasteiger partial charge in [0.1, 0.15) is 23.0 Å². The Balaban J connectivity index is 1.40. The van der Waals surface area contributed by atoms with E-state index in [1.807, 2.05) is 42.0 Å². The lowest BCUT2D eigenvalue weighted by molar-refractivity contribution is 0.246. The van der Waals surface area contributed by atoms with Gasteiger partial charge in [0.05, 0.1) is 43.2 Å². The first-order valence-corrected chi connectivity index (χ1v) is 12.0. The van der Waals surface area contributed by atoms with Crippen LogP contribution in [-0.2, 0) is 0 Å². The molecule has 1 aliphatic heterocycles. The number of nitrogens with zero attached hydrogens (tertiary/aromatic N) is 4. The van der Waals surface area contributed by atoms with Gasteiger partial charge in [-0.3, -0.25) is 4.79 Å². The SMILES string of the molecule is COc1cc(Nc2cc(C3CC3)nn(C3CCOc4ccc(F)cc43)c2=O)ccc1-n1cnc(C)c1. The Morgan fingerprint density at radius 2 is 2.00 bits per heavy atom. The van der Waals surface area contributed by atoms with Crippen LogP contribution in [-0.4, -0.2) is 33.0 Å². The summed E-state index contributed by atoms with van der Waals surface area (Å²) < 4.78 is 28.8. The summed E-state index contributed by atoms with van der Waals surface area (Å²) in [5.74, 6) is 1.19. The highest BCUT2D eigenvalue weighted by Crippen LogP contribution is 2.40. The van der Waals surface area contributed by atoms with E-state index in [0.717, 1.165) is 29.9 Å². The third kappa shape index (κ3) is 4.10. The van der Waals surface area contributed by atoms with Crippen LogP contribution in [0.2, 0.25) is 0 Å². The van der Waals surface area contributed by atoms with Gasteiger partial charge in [0.15, 0.2) is 0 Å². The summed E-state index contributed by atoms with van der Waals surface area (Å²) in [7, 11) is 1.61. The number of aromatic nitrogens is 4. The number of fused-ring (bicyclic) bond motifs is 1. The van der Waals surface area contributed by atoms with Gasteiger partial charge in [-0.2, -0.15) is 5.10 Å². The van der Waals surface area contributed by atoms with Gasteiger partial charge in [-0.05, 0) is 56.2 Å². The molecule has 36 heavy (non-hydrogen) atoms. The van der Waals surface area contributed by atoms with Crippen LogP contribution < -0.4 is 20.3 Å². The first kappa shape index (κ1) is 22.3. The first-order valence-electron chi connectivity index (χ1n) is 12.0. The molecule has 1 saturated carbocycles. The van der Waals surface area contributed by atoms with Crippen molar-refractivity contribution in [3.63, 3.8) is 0 Å². The molecule has 8 nitrogen and oxygen atoms in total. The molecular weight excluding hydrogens is 461 g/mol. The molecule has 1 N–H and O–H groups in total. The average molecular weight is 488 g/mol. The van der Waals surface area contributed by atoms with Crippen LogP contribution in [0.1, 0.15) is 48.2 Å². The van der Waals surface area contributed by atoms with E-state index in [2.05, 4.69) is 10.3 Å². The summed E-state index contributed by atoms with van der Waals surface area (Å²) >= 11 is 0. The second-order valence-corrected chi connectivity index (χ2v) is 9.28. The molecule has 1 aliphatic carbocycles. The van der Waals surface area contributed by atoms with Crippen LogP contribution in [0.3, 0.4) is 0 Å². The lowest BCUT2D eigenvalue weighted by atomic mass is 10.0. The molecule has 0 bridgehead atoms. The van der Waals surface area contributed by atoms with Crippen molar-refractivity contribution in [3.05, 3.63) is 88.1 Å². The molecule has 2 aromatic heterocycles. The molecule has 1 fully saturated rings. The van der Waals surface area contributed by atoms with E-state index in [4.69, 9.17) is 14.6 Å². The molecular formula is C27H26FN5O3. The van der Waals surface area contributed by atoms with Crippen LogP contribution in [0.4, 0.5) is 15.8 Å². The number of aryl methyl sites for hydroxylation is 1. The number of ether oxygens (including phenoxy) is 2. The summed E-state index contributed by atoms with van der Waals surface area (Å²) in [5, 5.41) is 8.01. The zero-order chi connectivity index (χ0) is 24.8. The lowest BCUT2D eigenvalue weighted by Gasteiger charge is -2.27. The summed E-state index contributed by atoms with van der Waals surface area (Å²) in [4.78, 5) is 18.0. The molecule has 1 unspecified atom stereocenters. The van der Waals surface area contributed by atoms with Gasteiger partial charge >= 0.3 is 0 Å².